The Balaban J connectivity index is 2.07. The van der Waals surface area contributed by atoms with E-state index in [0.717, 1.165) is 22.7 Å². The molecule has 0 saturated carbocycles. The molecule has 102 valence electrons. The van der Waals surface area contributed by atoms with Gasteiger partial charge in [0.1, 0.15) is 5.75 Å². The molecule has 0 aliphatic rings. The number of hydrogen-bond acceptors (Lipinski definition) is 3. The van der Waals surface area contributed by atoms with Crippen molar-refractivity contribution in [2.24, 2.45) is 0 Å². The molecule has 2 aromatic rings. The fourth-order valence-electron chi connectivity index (χ4n) is 2.08. The minimum absolute atomic E-state index is 0.466. The molecule has 1 unspecified atom stereocenters. The van der Waals surface area contributed by atoms with E-state index in [1.165, 1.54) is 0 Å². The van der Waals surface area contributed by atoms with Gasteiger partial charge in [0.15, 0.2) is 0 Å². The summed E-state index contributed by atoms with van der Waals surface area (Å²) < 4.78 is 7.21. The van der Waals surface area contributed by atoms with Crippen molar-refractivity contribution in [3.8, 4) is 5.75 Å². The average molecular weight is 260 g/mol. The molecule has 4 nitrogen and oxygen atoms in total. The Morgan fingerprint density at radius 3 is 2.47 bits per heavy atom. The second kappa shape index (κ2) is 5.89. The first-order chi connectivity index (χ1) is 9.10. The largest absolute Gasteiger partial charge is 0.494 e. The highest BCUT2D eigenvalue weighted by atomic mass is 16.5. The van der Waals surface area contributed by atoms with Crippen molar-refractivity contribution in [3.05, 3.63) is 47.3 Å². The molecule has 0 bridgehead atoms. The van der Waals surface area contributed by atoms with Gasteiger partial charge in [0.05, 0.1) is 24.9 Å². The molecule has 1 aromatic carbocycles. The molecule has 0 aliphatic carbocycles. The Hall–Kier alpha value is -1.81. The van der Waals surface area contributed by atoms with Crippen LogP contribution >= 0.6 is 0 Å². The second-order valence-corrected chi connectivity index (χ2v) is 4.63. The van der Waals surface area contributed by atoms with Crippen LogP contribution in [-0.2, 0) is 6.54 Å². The zero-order valence-corrected chi connectivity index (χ0v) is 11.6. The van der Waals surface area contributed by atoms with Crippen LogP contribution in [-0.4, -0.2) is 21.5 Å². The standard InChI is InChI=1S/C15H20N2O2/c1-4-19-14-7-5-13(6-8-14)15(18)10-17-12(3)9-11(2)16-17/h5-9,15,18H,4,10H2,1-3H3. The zero-order chi connectivity index (χ0) is 13.8. The van der Waals surface area contributed by atoms with Crippen molar-refractivity contribution in [2.75, 3.05) is 6.61 Å². The fourth-order valence-corrected chi connectivity index (χ4v) is 2.08. The number of benzene rings is 1. The lowest BCUT2D eigenvalue weighted by Crippen LogP contribution is -2.11. The normalized spacial score (nSPS) is 12.4. The van der Waals surface area contributed by atoms with Gasteiger partial charge in [0.25, 0.3) is 0 Å². The molecule has 0 amide bonds. The van der Waals surface area contributed by atoms with Crippen molar-refractivity contribution in [3.63, 3.8) is 0 Å². The first-order valence-corrected chi connectivity index (χ1v) is 6.52. The maximum atomic E-state index is 10.2. The van der Waals surface area contributed by atoms with Crippen molar-refractivity contribution < 1.29 is 9.84 Å². The second-order valence-electron chi connectivity index (χ2n) is 4.63. The van der Waals surface area contributed by atoms with Gasteiger partial charge in [0.2, 0.25) is 0 Å². The summed E-state index contributed by atoms with van der Waals surface area (Å²) in [5, 5.41) is 14.6. The van der Waals surface area contributed by atoms with Crippen molar-refractivity contribution >= 4 is 0 Å². The highest BCUT2D eigenvalue weighted by molar-refractivity contribution is 5.28. The minimum atomic E-state index is -0.561. The molecule has 0 saturated heterocycles. The maximum Gasteiger partial charge on any atom is 0.119 e. The van der Waals surface area contributed by atoms with Gasteiger partial charge in [-0.3, -0.25) is 4.68 Å². The predicted octanol–water partition coefficient (Wildman–Crippen LogP) is 2.63. The lowest BCUT2D eigenvalue weighted by atomic mass is 10.1. The summed E-state index contributed by atoms with van der Waals surface area (Å²) in [7, 11) is 0. The van der Waals surface area contributed by atoms with E-state index in [9.17, 15) is 5.11 Å². The SMILES string of the molecule is CCOc1ccc(C(O)Cn2nc(C)cc2C)cc1. The van der Waals surface area contributed by atoms with Crippen LogP contribution in [0, 0.1) is 13.8 Å². The first kappa shape index (κ1) is 13.6. The van der Waals surface area contributed by atoms with E-state index in [4.69, 9.17) is 4.74 Å². The molecule has 1 atom stereocenters. The van der Waals surface area contributed by atoms with Gasteiger partial charge >= 0.3 is 0 Å². The van der Waals surface area contributed by atoms with Gasteiger partial charge in [-0.1, -0.05) is 12.1 Å². The zero-order valence-electron chi connectivity index (χ0n) is 11.6. The third-order valence-corrected chi connectivity index (χ3v) is 3.03. The van der Waals surface area contributed by atoms with Crippen LogP contribution in [0.2, 0.25) is 0 Å². The van der Waals surface area contributed by atoms with E-state index in [1.54, 1.807) is 0 Å². The Morgan fingerprint density at radius 1 is 1.26 bits per heavy atom. The number of aliphatic hydroxyl groups is 1. The van der Waals surface area contributed by atoms with E-state index in [0.29, 0.717) is 13.2 Å². The molecule has 19 heavy (non-hydrogen) atoms. The highest BCUT2D eigenvalue weighted by Gasteiger charge is 2.11. The third kappa shape index (κ3) is 3.35. The molecule has 0 spiro atoms. The molecule has 0 aliphatic heterocycles. The molecule has 1 heterocycles. The van der Waals surface area contributed by atoms with Gasteiger partial charge in [-0.2, -0.15) is 5.10 Å². The average Bonchev–Trinajstić information content (AvgIpc) is 2.69. The highest BCUT2D eigenvalue weighted by Crippen LogP contribution is 2.19. The molecular weight excluding hydrogens is 240 g/mol. The number of ether oxygens (including phenoxy) is 1. The topological polar surface area (TPSA) is 47.3 Å². The number of rotatable bonds is 5. The third-order valence-electron chi connectivity index (χ3n) is 3.03. The fraction of sp³-hybridized carbons (Fsp3) is 0.400. The molecule has 0 fully saturated rings. The summed E-state index contributed by atoms with van der Waals surface area (Å²) in [5.41, 5.74) is 2.90. The summed E-state index contributed by atoms with van der Waals surface area (Å²) in [5.74, 6) is 0.824. The van der Waals surface area contributed by atoms with Crippen LogP contribution in [0.1, 0.15) is 30.0 Å². The lowest BCUT2D eigenvalue weighted by molar-refractivity contribution is 0.150. The van der Waals surface area contributed by atoms with Crippen molar-refractivity contribution in [2.45, 2.75) is 33.4 Å². The minimum Gasteiger partial charge on any atom is -0.494 e. The number of nitrogens with zero attached hydrogens (tertiary/aromatic N) is 2. The number of aliphatic hydroxyl groups excluding tert-OH is 1. The van der Waals surface area contributed by atoms with Crippen LogP contribution < -0.4 is 4.74 Å². The first-order valence-electron chi connectivity index (χ1n) is 6.52. The van der Waals surface area contributed by atoms with Gasteiger partial charge < -0.3 is 9.84 Å². The Bertz CT molecular complexity index is 532. The summed E-state index contributed by atoms with van der Waals surface area (Å²) >= 11 is 0. The van der Waals surface area contributed by atoms with E-state index in [1.807, 2.05) is 55.8 Å². The predicted molar refractivity (Wildman–Crippen MR) is 74.3 cm³/mol. The van der Waals surface area contributed by atoms with Gasteiger partial charge in [-0.05, 0) is 44.5 Å². The van der Waals surface area contributed by atoms with E-state index < -0.39 is 6.10 Å². The number of aromatic nitrogens is 2. The summed E-state index contributed by atoms with van der Waals surface area (Å²) in [6.07, 6.45) is -0.561. The molecule has 1 aromatic heterocycles. The summed E-state index contributed by atoms with van der Waals surface area (Å²) in [6, 6.07) is 9.54. The van der Waals surface area contributed by atoms with E-state index in [2.05, 4.69) is 5.10 Å². The van der Waals surface area contributed by atoms with Crippen LogP contribution in [0.3, 0.4) is 0 Å². The monoisotopic (exact) mass is 260 g/mol. The van der Waals surface area contributed by atoms with E-state index in [-0.39, 0.29) is 0 Å². The molecular formula is C15H20N2O2. The number of hydrogen-bond donors (Lipinski definition) is 1. The van der Waals surface area contributed by atoms with Gasteiger partial charge in [-0.25, -0.2) is 0 Å². The van der Waals surface area contributed by atoms with Crippen molar-refractivity contribution in [1.29, 1.82) is 0 Å². The smallest absolute Gasteiger partial charge is 0.119 e. The Kier molecular flexibility index (Phi) is 4.22. The quantitative estimate of drug-likeness (QED) is 0.899. The Morgan fingerprint density at radius 2 is 1.95 bits per heavy atom. The van der Waals surface area contributed by atoms with Crippen molar-refractivity contribution in [1.82, 2.24) is 9.78 Å². The van der Waals surface area contributed by atoms with Crippen LogP contribution in [0.25, 0.3) is 0 Å². The Labute approximate surface area is 113 Å². The maximum absolute atomic E-state index is 10.2. The van der Waals surface area contributed by atoms with E-state index >= 15 is 0 Å². The van der Waals surface area contributed by atoms with Crippen LogP contribution in [0.4, 0.5) is 0 Å². The number of aryl methyl sites for hydroxylation is 2. The van der Waals surface area contributed by atoms with Crippen LogP contribution in [0.15, 0.2) is 30.3 Å². The van der Waals surface area contributed by atoms with Crippen LogP contribution in [0.5, 0.6) is 5.75 Å². The molecule has 0 radical (unpaired) electrons. The molecule has 1 N–H and O–H groups in total. The van der Waals surface area contributed by atoms with Gasteiger partial charge in [0, 0.05) is 5.69 Å². The summed E-state index contributed by atoms with van der Waals surface area (Å²) in [4.78, 5) is 0. The van der Waals surface area contributed by atoms with Gasteiger partial charge in [-0.15, -0.1) is 0 Å². The lowest BCUT2D eigenvalue weighted by Gasteiger charge is -2.13. The molecule has 4 heteroatoms. The molecule has 2 rings (SSSR count). The summed E-state index contributed by atoms with van der Waals surface area (Å²) in [6.45, 7) is 7.00.